The number of hydrogen-bond acceptors (Lipinski definition) is 3. The second kappa shape index (κ2) is 9.26. The van der Waals surface area contributed by atoms with Gasteiger partial charge in [0.2, 0.25) is 0 Å². The lowest BCUT2D eigenvalue weighted by Gasteiger charge is -2.08. The zero-order valence-corrected chi connectivity index (χ0v) is 16.0. The van der Waals surface area contributed by atoms with Crippen molar-refractivity contribution in [3.63, 3.8) is 0 Å². The monoisotopic (exact) mass is 397 g/mol. The molecule has 27 heavy (non-hydrogen) atoms. The first-order chi connectivity index (χ1) is 13.2. The van der Waals surface area contributed by atoms with Crippen molar-refractivity contribution < 1.29 is 9.47 Å². The van der Waals surface area contributed by atoms with E-state index < -0.39 is 0 Å². The first-order valence-corrected chi connectivity index (χ1v) is 9.01. The van der Waals surface area contributed by atoms with Crippen molar-refractivity contribution in [2.24, 2.45) is 4.99 Å². The first kappa shape index (κ1) is 19.0. The van der Waals surface area contributed by atoms with Gasteiger partial charge in [0.1, 0.15) is 18.1 Å². The van der Waals surface area contributed by atoms with Crippen LogP contribution in [0.3, 0.4) is 0 Å². The summed E-state index contributed by atoms with van der Waals surface area (Å²) in [6, 6.07) is 20.6. The minimum Gasteiger partial charge on any atom is -0.486 e. The maximum Gasteiger partial charge on any atom is 0.156 e. The predicted octanol–water partition coefficient (Wildman–Crippen LogP) is 7.10. The van der Waals surface area contributed by atoms with Crippen LogP contribution in [-0.4, -0.2) is 12.8 Å². The van der Waals surface area contributed by atoms with Gasteiger partial charge >= 0.3 is 0 Å². The van der Waals surface area contributed by atoms with E-state index in [1.807, 2.05) is 54.6 Å². The minimum absolute atomic E-state index is 0.338. The summed E-state index contributed by atoms with van der Waals surface area (Å²) in [6.45, 7) is 3.94. The number of para-hydroxylation sites is 1. The molecule has 0 bridgehead atoms. The first-order valence-electron chi connectivity index (χ1n) is 8.25. The molecule has 0 aliphatic rings. The zero-order valence-electron chi connectivity index (χ0n) is 14.4. The van der Waals surface area contributed by atoms with E-state index in [1.165, 1.54) is 0 Å². The molecule has 3 nitrogen and oxygen atoms in total. The molecule has 3 rings (SSSR count). The maximum absolute atomic E-state index is 6.23. The molecular weight excluding hydrogens is 381 g/mol. The number of rotatable bonds is 7. The molecule has 0 amide bonds. The molecule has 0 N–H and O–H groups in total. The SMILES string of the molecule is C=CCOc1c(Cl)cc(C=Nc2ccc(Oc3ccccc3)cc2)cc1Cl. The summed E-state index contributed by atoms with van der Waals surface area (Å²) in [4.78, 5) is 4.44. The Kier molecular flexibility index (Phi) is 6.53. The molecule has 0 aromatic heterocycles. The van der Waals surface area contributed by atoms with Crippen molar-refractivity contribution >= 4 is 35.1 Å². The third-order valence-corrected chi connectivity index (χ3v) is 4.11. The average molecular weight is 398 g/mol. The number of nitrogens with zero attached hydrogens (tertiary/aromatic N) is 1. The van der Waals surface area contributed by atoms with Crippen LogP contribution in [-0.2, 0) is 0 Å². The summed E-state index contributed by atoms with van der Waals surface area (Å²) < 4.78 is 11.2. The van der Waals surface area contributed by atoms with Crippen molar-refractivity contribution in [1.82, 2.24) is 0 Å². The molecule has 136 valence electrons. The topological polar surface area (TPSA) is 30.8 Å². The summed E-state index contributed by atoms with van der Waals surface area (Å²) in [7, 11) is 0. The Bertz CT molecular complexity index is 915. The van der Waals surface area contributed by atoms with E-state index in [4.69, 9.17) is 32.7 Å². The maximum atomic E-state index is 6.23. The lowest BCUT2D eigenvalue weighted by Crippen LogP contribution is -1.95. The van der Waals surface area contributed by atoms with Gasteiger partial charge in [-0.1, -0.05) is 54.1 Å². The molecule has 0 radical (unpaired) electrons. The fourth-order valence-corrected chi connectivity index (χ4v) is 2.92. The highest BCUT2D eigenvalue weighted by Gasteiger charge is 2.08. The minimum atomic E-state index is 0.338. The van der Waals surface area contributed by atoms with Crippen LogP contribution in [0.1, 0.15) is 5.56 Å². The molecule has 0 fully saturated rings. The quantitative estimate of drug-likeness (QED) is 0.314. The lowest BCUT2D eigenvalue weighted by molar-refractivity contribution is 0.363. The highest BCUT2D eigenvalue weighted by molar-refractivity contribution is 6.37. The van der Waals surface area contributed by atoms with E-state index in [0.717, 1.165) is 22.7 Å². The Morgan fingerprint density at radius 2 is 1.52 bits per heavy atom. The highest BCUT2D eigenvalue weighted by atomic mass is 35.5. The summed E-state index contributed by atoms with van der Waals surface area (Å²) >= 11 is 12.5. The molecule has 0 aliphatic carbocycles. The number of aliphatic imine (C=N–C) groups is 1. The Morgan fingerprint density at radius 3 is 2.15 bits per heavy atom. The second-order valence-corrected chi connectivity index (χ2v) is 6.39. The van der Waals surface area contributed by atoms with E-state index in [-0.39, 0.29) is 0 Å². The third-order valence-electron chi connectivity index (χ3n) is 3.54. The van der Waals surface area contributed by atoms with E-state index in [1.54, 1.807) is 24.4 Å². The highest BCUT2D eigenvalue weighted by Crippen LogP contribution is 2.34. The predicted molar refractivity (Wildman–Crippen MR) is 112 cm³/mol. The normalized spacial score (nSPS) is 10.7. The van der Waals surface area contributed by atoms with Gasteiger partial charge in [-0.25, -0.2) is 0 Å². The van der Waals surface area contributed by atoms with Gasteiger partial charge in [0.15, 0.2) is 5.75 Å². The fourth-order valence-electron chi connectivity index (χ4n) is 2.31. The van der Waals surface area contributed by atoms with Gasteiger partial charge in [0.05, 0.1) is 15.7 Å². The van der Waals surface area contributed by atoms with E-state index in [0.29, 0.717) is 22.4 Å². The molecular formula is C22H17Cl2NO2. The van der Waals surface area contributed by atoms with Gasteiger partial charge in [-0.15, -0.1) is 0 Å². The van der Waals surface area contributed by atoms with Crippen LogP contribution in [0.2, 0.25) is 10.0 Å². The van der Waals surface area contributed by atoms with Gasteiger partial charge in [-0.2, -0.15) is 0 Å². The third kappa shape index (κ3) is 5.36. The number of halogens is 2. The Balaban J connectivity index is 1.69. The molecule has 0 aliphatic heterocycles. The second-order valence-electron chi connectivity index (χ2n) is 5.58. The largest absolute Gasteiger partial charge is 0.486 e. The summed E-state index contributed by atoms with van der Waals surface area (Å²) in [5.74, 6) is 1.98. The molecule has 0 atom stereocenters. The average Bonchev–Trinajstić information content (AvgIpc) is 2.68. The van der Waals surface area contributed by atoms with E-state index in [2.05, 4.69) is 11.6 Å². The number of hydrogen-bond donors (Lipinski definition) is 0. The molecule has 3 aromatic carbocycles. The van der Waals surface area contributed by atoms with Crippen molar-refractivity contribution in [2.45, 2.75) is 0 Å². The fraction of sp³-hybridized carbons (Fsp3) is 0.0455. The molecule has 0 heterocycles. The van der Waals surface area contributed by atoms with Gasteiger partial charge in [-0.05, 0) is 54.1 Å². The van der Waals surface area contributed by atoms with Gasteiger partial charge in [-0.3, -0.25) is 4.99 Å². The van der Waals surface area contributed by atoms with E-state index in [9.17, 15) is 0 Å². The van der Waals surface area contributed by atoms with Crippen LogP contribution >= 0.6 is 23.2 Å². The smallest absolute Gasteiger partial charge is 0.156 e. The zero-order chi connectivity index (χ0) is 19.1. The molecule has 3 aromatic rings. The Morgan fingerprint density at radius 1 is 0.889 bits per heavy atom. The molecule has 5 heteroatoms. The van der Waals surface area contributed by atoms with Crippen molar-refractivity contribution in [3.05, 3.63) is 95.0 Å². The molecule has 0 saturated heterocycles. The van der Waals surface area contributed by atoms with Gasteiger partial charge < -0.3 is 9.47 Å². The molecule has 0 spiro atoms. The van der Waals surface area contributed by atoms with E-state index >= 15 is 0 Å². The van der Waals surface area contributed by atoms with Crippen LogP contribution in [0.4, 0.5) is 5.69 Å². The summed E-state index contributed by atoms with van der Waals surface area (Å²) in [5, 5.41) is 0.856. The van der Waals surface area contributed by atoms with Crippen LogP contribution in [0.15, 0.2) is 84.4 Å². The number of ether oxygens (including phenoxy) is 2. The Labute approximate surface area is 168 Å². The Hall–Kier alpha value is -2.75. The van der Waals surface area contributed by atoms with Gasteiger partial charge in [0, 0.05) is 6.21 Å². The van der Waals surface area contributed by atoms with Crippen molar-refractivity contribution in [1.29, 1.82) is 0 Å². The van der Waals surface area contributed by atoms with Crippen LogP contribution in [0, 0.1) is 0 Å². The standard InChI is InChI=1S/C22H17Cl2NO2/c1-2-12-26-22-20(23)13-16(14-21(22)24)15-25-17-8-10-19(11-9-17)27-18-6-4-3-5-7-18/h2-11,13-15H,1,12H2. The molecule has 0 saturated carbocycles. The van der Waals surface area contributed by atoms with Crippen molar-refractivity contribution in [2.75, 3.05) is 6.61 Å². The summed E-state index contributed by atoms with van der Waals surface area (Å²) in [5.41, 5.74) is 1.57. The van der Waals surface area contributed by atoms with Crippen LogP contribution in [0.25, 0.3) is 0 Å². The van der Waals surface area contributed by atoms with Crippen molar-refractivity contribution in [3.8, 4) is 17.2 Å². The summed E-state index contributed by atoms with van der Waals surface area (Å²) in [6.07, 6.45) is 3.33. The number of benzene rings is 3. The molecule has 0 unspecified atom stereocenters. The lowest BCUT2D eigenvalue weighted by atomic mass is 10.2. The van der Waals surface area contributed by atoms with Crippen LogP contribution in [0.5, 0.6) is 17.2 Å². The van der Waals surface area contributed by atoms with Gasteiger partial charge in [0.25, 0.3) is 0 Å². The van der Waals surface area contributed by atoms with Crippen LogP contribution < -0.4 is 9.47 Å².